The Balaban J connectivity index is 2.13. The molecule has 1 aliphatic rings. The number of nitriles is 1. The Kier molecular flexibility index (Phi) is 5.15. The highest BCUT2D eigenvalue weighted by molar-refractivity contribution is 7.90. The van der Waals surface area contributed by atoms with Gasteiger partial charge in [-0.15, -0.1) is 0 Å². The number of sulfonamides is 1. The number of halogens is 3. The molecule has 0 aromatic heterocycles. The van der Waals surface area contributed by atoms with Crippen molar-refractivity contribution in [1.29, 1.82) is 5.26 Å². The minimum absolute atomic E-state index is 0.319. The van der Waals surface area contributed by atoms with E-state index in [9.17, 15) is 26.4 Å². The van der Waals surface area contributed by atoms with Gasteiger partial charge in [-0.3, -0.25) is 4.79 Å². The summed E-state index contributed by atoms with van der Waals surface area (Å²) in [6.07, 6.45) is -2.91. The smallest absolute Gasteiger partial charge is 0.371 e. The van der Waals surface area contributed by atoms with E-state index < -0.39 is 44.7 Å². The maximum atomic E-state index is 12.9. The first-order chi connectivity index (χ1) is 11.1. The largest absolute Gasteiger partial charge is 0.417 e. The lowest BCUT2D eigenvalue weighted by molar-refractivity contribution is -0.137. The van der Waals surface area contributed by atoms with Gasteiger partial charge in [0.05, 0.1) is 28.7 Å². The topological polar surface area (TPSA) is 96.3 Å². The predicted octanol–water partition coefficient (Wildman–Crippen LogP) is 1.81. The van der Waals surface area contributed by atoms with Gasteiger partial charge in [-0.1, -0.05) is 0 Å². The van der Waals surface area contributed by atoms with E-state index in [0.717, 1.165) is 25.0 Å². The monoisotopic (exact) mass is 362 g/mol. The summed E-state index contributed by atoms with van der Waals surface area (Å²) in [7, 11) is -4.49. The zero-order chi connectivity index (χ0) is 18.0. The van der Waals surface area contributed by atoms with Crippen molar-refractivity contribution >= 4 is 15.9 Å². The Bertz CT molecular complexity index is 780. The Morgan fingerprint density at radius 1 is 1.38 bits per heavy atom. The van der Waals surface area contributed by atoms with E-state index in [2.05, 4.69) is 0 Å². The average molecular weight is 362 g/mol. The highest BCUT2D eigenvalue weighted by Crippen LogP contribution is 2.33. The third-order valence-electron chi connectivity index (χ3n) is 3.26. The van der Waals surface area contributed by atoms with Gasteiger partial charge in [0, 0.05) is 0 Å². The van der Waals surface area contributed by atoms with Crippen molar-refractivity contribution in [1.82, 2.24) is 4.72 Å². The Morgan fingerprint density at radius 2 is 2.04 bits per heavy atom. The summed E-state index contributed by atoms with van der Waals surface area (Å²) in [5, 5.41) is 8.68. The van der Waals surface area contributed by atoms with Crippen LogP contribution in [0.25, 0.3) is 0 Å². The zero-order valence-corrected chi connectivity index (χ0v) is 13.1. The molecule has 24 heavy (non-hydrogen) atoms. The fourth-order valence-corrected chi connectivity index (χ4v) is 2.86. The number of nitrogens with zero attached hydrogens (tertiary/aromatic N) is 1. The normalized spacial score (nSPS) is 14.9. The first kappa shape index (κ1) is 18.2. The third-order valence-corrected chi connectivity index (χ3v) is 4.63. The summed E-state index contributed by atoms with van der Waals surface area (Å²) >= 11 is 0. The fraction of sp³-hybridized carbons (Fsp3) is 0.429. The molecule has 0 unspecified atom stereocenters. The van der Waals surface area contributed by atoms with Crippen LogP contribution in [0.2, 0.25) is 0 Å². The molecule has 0 radical (unpaired) electrons. The molecule has 0 saturated heterocycles. The number of nitrogens with one attached hydrogen (secondary N) is 1. The number of ether oxygens (including phenoxy) is 1. The van der Waals surface area contributed by atoms with E-state index in [1.54, 1.807) is 4.72 Å². The van der Waals surface area contributed by atoms with Gasteiger partial charge < -0.3 is 4.74 Å². The number of hydrogen-bond donors (Lipinski definition) is 1. The molecule has 0 heterocycles. The molecule has 1 N–H and O–H groups in total. The fourth-order valence-electron chi connectivity index (χ4n) is 1.86. The lowest BCUT2D eigenvalue weighted by Gasteiger charge is -2.12. The molecule has 0 spiro atoms. The van der Waals surface area contributed by atoms with Gasteiger partial charge in [0.25, 0.3) is 15.9 Å². The number of alkyl halides is 3. The van der Waals surface area contributed by atoms with Gasteiger partial charge in [0.2, 0.25) is 0 Å². The molecular weight excluding hydrogens is 349 g/mol. The molecular formula is C14H13F3N2O4S. The summed E-state index contributed by atoms with van der Waals surface area (Å²) in [5.41, 5.74) is -2.09. The van der Waals surface area contributed by atoms with Gasteiger partial charge in [0.1, 0.15) is 6.61 Å². The number of hydrogen-bond acceptors (Lipinski definition) is 5. The van der Waals surface area contributed by atoms with Gasteiger partial charge in [-0.25, -0.2) is 13.1 Å². The van der Waals surface area contributed by atoms with Crippen LogP contribution < -0.4 is 4.72 Å². The van der Waals surface area contributed by atoms with Crippen molar-refractivity contribution in [2.24, 2.45) is 5.92 Å². The molecule has 1 saturated carbocycles. The van der Waals surface area contributed by atoms with Crippen LogP contribution in [-0.2, 0) is 25.7 Å². The van der Waals surface area contributed by atoms with Crippen molar-refractivity contribution in [3.8, 4) is 6.07 Å². The second-order valence-corrected chi connectivity index (χ2v) is 6.99. The van der Waals surface area contributed by atoms with E-state index >= 15 is 0 Å². The molecule has 1 fully saturated rings. The maximum absolute atomic E-state index is 12.9. The average Bonchev–Trinajstić information content (AvgIpc) is 3.29. The van der Waals surface area contributed by atoms with Crippen LogP contribution in [0.3, 0.4) is 0 Å². The number of carbonyl (C=O) groups excluding carboxylic acids is 1. The van der Waals surface area contributed by atoms with Crippen LogP contribution in [0.15, 0.2) is 23.1 Å². The van der Waals surface area contributed by atoms with Crippen molar-refractivity contribution in [2.45, 2.75) is 23.9 Å². The van der Waals surface area contributed by atoms with Gasteiger partial charge in [-0.05, 0) is 37.0 Å². The number of rotatable bonds is 6. The predicted molar refractivity (Wildman–Crippen MR) is 75.0 cm³/mol. The van der Waals surface area contributed by atoms with Gasteiger partial charge >= 0.3 is 6.18 Å². The molecule has 2 rings (SSSR count). The van der Waals surface area contributed by atoms with Crippen LogP contribution in [0.4, 0.5) is 13.2 Å². The van der Waals surface area contributed by atoms with E-state index in [0.29, 0.717) is 18.6 Å². The lowest BCUT2D eigenvalue weighted by atomic mass is 10.1. The van der Waals surface area contributed by atoms with E-state index in [1.165, 1.54) is 6.07 Å². The first-order valence-corrected chi connectivity index (χ1v) is 8.36. The van der Waals surface area contributed by atoms with Crippen LogP contribution in [0, 0.1) is 17.2 Å². The summed E-state index contributed by atoms with van der Waals surface area (Å²) in [5.74, 6) is -0.601. The second kappa shape index (κ2) is 6.78. The number of amides is 1. The molecule has 1 aliphatic carbocycles. The Labute approximate surface area is 136 Å². The Morgan fingerprint density at radius 3 is 2.58 bits per heavy atom. The molecule has 1 aromatic rings. The van der Waals surface area contributed by atoms with Crippen LogP contribution in [-0.4, -0.2) is 27.5 Å². The van der Waals surface area contributed by atoms with E-state index in [4.69, 9.17) is 10.00 Å². The van der Waals surface area contributed by atoms with Crippen molar-refractivity contribution < 1.29 is 31.1 Å². The molecule has 0 atom stereocenters. The highest BCUT2D eigenvalue weighted by atomic mass is 32.2. The van der Waals surface area contributed by atoms with Crippen LogP contribution in [0.1, 0.15) is 24.0 Å². The van der Waals surface area contributed by atoms with Gasteiger partial charge in [-0.2, -0.15) is 18.4 Å². The highest BCUT2D eigenvalue weighted by Gasteiger charge is 2.35. The quantitative estimate of drug-likeness (QED) is 0.833. The summed E-state index contributed by atoms with van der Waals surface area (Å²) in [6, 6.07) is 3.23. The second-order valence-electron chi connectivity index (χ2n) is 5.30. The summed E-state index contributed by atoms with van der Waals surface area (Å²) in [6.45, 7) is -0.166. The van der Waals surface area contributed by atoms with Crippen molar-refractivity contribution in [2.75, 3.05) is 13.2 Å². The van der Waals surface area contributed by atoms with Crippen LogP contribution >= 0.6 is 0 Å². The summed E-state index contributed by atoms with van der Waals surface area (Å²) < 4.78 is 69.2. The zero-order valence-electron chi connectivity index (χ0n) is 12.3. The SMILES string of the molecule is N#Cc1ccc(S(=O)(=O)NC(=O)COCC2CC2)cc1C(F)(F)F. The molecule has 0 aliphatic heterocycles. The molecule has 6 nitrogen and oxygen atoms in total. The Hall–Kier alpha value is -2.12. The van der Waals surface area contributed by atoms with Crippen molar-refractivity contribution in [3.63, 3.8) is 0 Å². The van der Waals surface area contributed by atoms with E-state index in [1.807, 2.05) is 0 Å². The maximum Gasteiger partial charge on any atom is 0.417 e. The molecule has 1 aromatic carbocycles. The van der Waals surface area contributed by atoms with Gasteiger partial charge in [0.15, 0.2) is 0 Å². The summed E-state index contributed by atoms with van der Waals surface area (Å²) in [4.78, 5) is 10.8. The van der Waals surface area contributed by atoms with E-state index in [-0.39, 0.29) is 0 Å². The molecule has 130 valence electrons. The molecule has 1 amide bonds. The molecule has 0 bridgehead atoms. The number of carbonyl (C=O) groups is 1. The minimum atomic E-state index is -4.89. The molecule has 10 heteroatoms. The lowest BCUT2D eigenvalue weighted by Crippen LogP contribution is -2.34. The first-order valence-electron chi connectivity index (χ1n) is 6.88. The minimum Gasteiger partial charge on any atom is -0.371 e. The van der Waals surface area contributed by atoms with Crippen LogP contribution in [0.5, 0.6) is 0 Å². The van der Waals surface area contributed by atoms with Crippen molar-refractivity contribution in [3.05, 3.63) is 29.3 Å². The standard InChI is InChI=1S/C14H13F3N2O4S/c15-14(16,17)12-5-11(4-3-10(12)6-18)24(21,22)19-13(20)8-23-7-9-1-2-9/h3-5,9H,1-2,7-8H2,(H,19,20). The third kappa shape index (κ3) is 4.69. The number of benzene rings is 1.